The molecular formula is C22H24O4. The van der Waals surface area contributed by atoms with Crippen LogP contribution in [0.15, 0.2) is 54.6 Å². The van der Waals surface area contributed by atoms with Crippen LogP contribution in [0.2, 0.25) is 0 Å². The van der Waals surface area contributed by atoms with E-state index >= 15 is 0 Å². The lowest BCUT2D eigenvalue weighted by molar-refractivity contribution is 0.157. The summed E-state index contributed by atoms with van der Waals surface area (Å²) in [7, 11) is 0. The monoisotopic (exact) mass is 352 g/mol. The van der Waals surface area contributed by atoms with Gasteiger partial charge in [-0.2, -0.15) is 0 Å². The molecule has 0 saturated carbocycles. The molecule has 0 amide bonds. The van der Waals surface area contributed by atoms with E-state index in [1.54, 1.807) is 6.07 Å². The Bertz CT molecular complexity index is 884. The van der Waals surface area contributed by atoms with Crippen molar-refractivity contribution in [2.75, 3.05) is 0 Å². The Morgan fingerprint density at radius 3 is 2.15 bits per heavy atom. The van der Waals surface area contributed by atoms with Crippen molar-refractivity contribution >= 4 is 10.8 Å². The molecule has 0 radical (unpaired) electrons. The molecule has 0 bridgehead atoms. The zero-order valence-corrected chi connectivity index (χ0v) is 14.8. The van der Waals surface area contributed by atoms with Crippen LogP contribution in [0, 0.1) is 5.92 Å². The van der Waals surface area contributed by atoms with Gasteiger partial charge in [0, 0.05) is 11.5 Å². The van der Waals surface area contributed by atoms with Crippen LogP contribution in [0.3, 0.4) is 0 Å². The van der Waals surface area contributed by atoms with E-state index in [9.17, 15) is 20.4 Å². The molecule has 3 aromatic rings. The van der Waals surface area contributed by atoms with Crippen molar-refractivity contribution in [1.82, 2.24) is 0 Å². The molecule has 0 spiro atoms. The van der Waals surface area contributed by atoms with Crippen LogP contribution in [0.4, 0.5) is 0 Å². The Kier molecular flexibility index (Phi) is 5.33. The molecule has 0 fully saturated rings. The molecule has 0 aromatic heterocycles. The summed E-state index contributed by atoms with van der Waals surface area (Å²) in [5.74, 6) is 0.518. The third kappa shape index (κ3) is 4.09. The highest BCUT2D eigenvalue weighted by Crippen LogP contribution is 2.31. The lowest BCUT2D eigenvalue weighted by Gasteiger charge is -2.17. The van der Waals surface area contributed by atoms with Crippen molar-refractivity contribution in [3.8, 4) is 17.2 Å². The van der Waals surface area contributed by atoms with Gasteiger partial charge in [0.15, 0.2) is 0 Å². The van der Waals surface area contributed by atoms with E-state index in [0.29, 0.717) is 17.9 Å². The average Bonchev–Trinajstić information content (AvgIpc) is 2.61. The second kappa shape index (κ2) is 7.67. The zero-order chi connectivity index (χ0) is 18.7. The first-order valence-electron chi connectivity index (χ1n) is 8.84. The number of fused-ring (bicyclic) bond motifs is 1. The van der Waals surface area contributed by atoms with Gasteiger partial charge in [0.25, 0.3) is 0 Å². The highest BCUT2D eigenvalue weighted by molar-refractivity contribution is 5.90. The molecule has 3 aromatic carbocycles. The minimum absolute atomic E-state index is 0.0531. The lowest BCUT2D eigenvalue weighted by Crippen LogP contribution is -2.05. The molecular weight excluding hydrogens is 328 g/mol. The first kappa shape index (κ1) is 18.1. The van der Waals surface area contributed by atoms with Gasteiger partial charge >= 0.3 is 0 Å². The van der Waals surface area contributed by atoms with Gasteiger partial charge < -0.3 is 20.4 Å². The Morgan fingerprint density at radius 1 is 0.808 bits per heavy atom. The molecule has 3 rings (SSSR count). The molecule has 4 N–H and O–H groups in total. The highest BCUT2D eigenvalue weighted by atomic mass is 16.3. The normalized spacial score (nSPS) is 13.6. The molecule has 0 aliphatic heterocycles. The summed E-state index contributed by atoms with van der Waals surface area (Å²) in [5, 5.41) is 41.3. The molecule has 136 valence electrons. The molecule has 0 heterocycles. The number of hydrogen-bond acceptors (Lipinski definition) is 4. The standard InChI is InChI=1S/C22H24O4/c1-14(6-8-21(25)16-11-17(23)13-18(24)12-16)10-15-7-9-22(26)20-5-3-2-4-19(15)20/h2-5,7,9,11-14,21,23-26H,6,8,10H2,1H3/t14-,21+/m1/s1. The molecule has 0 unspecified atom stereocenters. The van der Waals surface area contributed by atoms with Crippen molar-refractivity contribution in [1.29, 1.82) is 0 Å². The lowest BCUT2D eigenvalue weighted by atomic mass is 9.91. The summed E-state index contributed by atoms with van der Waals surface area (Å²) < 4.78 is 0. The first-order chi connectivity index (χ1) is 12.4. The number of benzene rings is 3. The van der Waals surface area contributed by atoms with Crippen LogP contribution in [0.1, 0.15) is 37.0 Å². The molecule has 2 atom stereocenters. The minimum Gasteiger partial charge on any atom is -0.508 e. The van der Waals surface area contributed by atoms with Gasteiger partial charge in [-0.3, -0.25) is 0 Å². The molecule has 4 heteroatoms. The summed E-state index contributed by atoms with van der Waals surface area (Å²) >= 11 is 0. The maximum Gasteiger partial charge on any atom is 0.123 e. The van der Waals surface area contributed by atoms with E-state index in [2.05, 4.69) is 6.92 Å². The van der Waals surface area contributed by atoms with E-state index in [4.69, 9.17) is 0 Å². The van der Waals surface area contributed by atoms with Crippen LogP contribution in [0.25, 0.3) is 10.8 Å². The van der Waals surface area contributed by atoms with Gasteiger partial charge in [-0.05, 0) is 59.9 Å². The predicted molar refractivity (Wildman–Crippen MR) is 102 cm³/mol. The highest BCUT2D eigenvalue weighted by Gasteiger charge is 2.14. The molecule has 0 saturated heterocycles. The minimum atomic E-state index is -0.730. The van der Waals surface area contributed by atoms with Crippen molar-refractivity contribution in [3.63, 3.8) is 0 Å². The fraction of sp³-hybridized carbons (Fsp3) is 0.273. The third-order valence-electron chi connectivity index (χ3n) is 4.80. The van der Waals surface area contributed by atoms with Gasteiger partial charge in [0.05, 0.1) is 6.10 Å². The largest absolute Gasteiger partial charge is 0.508 e. The molecule has 0 aliphatic carbocycles. The van der Waals surface area contributed by atoms with Crippen molar-refractivity contribution in [2.24, 2.45) is 5.92 Å². The van der Waals surface area contributed by atoms with Crippen LogP contribution < -0.4 is 0 Å². The summed E-state index contributed by atoms with van der Waals surface area (Å²) in [6.07, 6.45) is 1.46. The fourth-order valence-electron chi connectivity index (χ4n) is 3.42. The quantitative estimate of drug-likeness (QED) is 0.520. The number of aliphatic hydroxyl groups excluding tert-OH is 1. The smallest absolute Gasteiger partial charge is 0.123 e. The van der Waals surface area contributed by atoms with Gasteiger partial charge in [-0.15, -0.1) is 0 Å². The number of phenols is 3. The Hall–Kier alpha value is -2.72. The van der Waals surface area contributed by atoms with Crippen LogP contribution in [-0.4, -0.2) is 20.4 Å². The maximum absolute atomic E-state index is 10.3. The number of aliphatic hydroxyl groups is 1. The number of hydrogen-bond donors (Lipinski definition) is 4. The van der Waals surface area contributed by atoms with Crippen molar-refractivity contribution in [2.45, 2.75) is 32.3 Å². The van der Waals surface area contributed by atoms with Crippen LogP contribution >= 0.6 is 0 Å². The van der Waals surface area contributed by atoms with Crippen molar-refractivity contribution < 1.29 is 20.4 Å². The SMILES string of the molecule is C[C@H](CC[C@H](O)c1cc(O)cc(O)c1)Cc1ccc(O)c2ccccc12. The second-order valence-corrected chi connectivity index (χ2v) is 6.97. The summed E-state index contributed by atoms with van der Waals surface area (Å²) in [5.41, 5.74) is 1.69. The Balaban J connectivity index is 1.66. The van der Waals surface area contributed by atoms with Gasteiger partial charge in [-0.1, -0.05) is 37.3 Å². The summed E-state index contributed by atoms with van der Waals surface area (Å²) in [6.45, 7) is 2.13. The molecule has 0 aliphatic rings. The second-order valence-electron chi connectivity index (χ2n) is 6.97. The molecule has 26 heavy (non-hydrogen) atoms. The van der Waals surface area contributed by atoms with E-state index in [1.165, 1.54) is 23.8 Å². The summed E-state index contributed by atoms with van der Waals surface area (Å²) in [6, 6.07) is 15.7. The van der Waals surface area contributed by atoms with Crippen molar-refractivity contribution in [3.05, 3.63) is 65.7 Å². The van der Waals surface area contributed by atoms with E-state index in [1.807, 2.05) is 30.3 Å². The van der Waals surface area contributed by atoms with Gasteiger partial charge in [0.1, 0.15) is 17.2 Å². The maximum atomic E-state index is 10.3. The van der Waals surface area contributed by atoms with E-state index in [0.717, 1.165) is 23.6 Å². The van der Waals surface area contributed by atoms with Crippen LogP contribution in [0.5, 0.6) is 17.2 Å². The third-order valence-corrected chi connectivity index (χ3v) is 4.80. The van der Waals surface area contributed by atoms with Gasteiger partial charge in [-0.25, -0.2) is 0 Å². The topological polar surface area (TPSA) is 80.9 Å². The number of aromatic hydroxyl groups is 3. The number of rotatable bonds is 6. The first-order valence-corrected chi connectivity index (χ1v) is 8.84. The fourth-order valence-corrected chi connectivity index (χ4v) is 3.42. The zero-order valence-electron chi connectivity index (χ0n) is 14.8. The molecule has 4 nitrogen and oxygen atoms in total. The van der Waals surface area contributed by atoms with Gasteiger partial charge in [0.2, 0.25) is 0 Å². The van der Waals surface area contributed by atoms with E-state index in [-0.39, 0.29) is 17.2 Å². The van der Waals surface area contributed by atoms with E-state index < -0.39 is 6.10 Å². The Morgan fingerprint density at radius 2 is 1.46 bits per heavy atom. The summed E-state index contributed by atoms with van der Waals surface area (Å²) in [4.78, 5) is 0. The Labute approximate surface area is 153 Å². The number of phenolic OH excluding ortho intramolecular Hbond substituents is 3. The average molecular weight is 352 g/mol. The predicted octanol–water partition coefficient (Wildman–Crippen LogP) is 4.65. The van der Waals surface area contributed by atoms with Crippen LogP contribution in [-0.2, 0) is 6.42 Å².